The predicted molar refractivity (Wildman–Crippen MR) is 238 cm³/mol. The number of benzene rings is 9. The van der Waals surface area contributed by atoms with Crippen LogP contribution in [0.3, 0.4) is 0 Å². The lowest BCUT2D eigenvalue weighted by Gasteiger charge is -2.15. The zero-order chi connectivity index (χ0) is 36.9. The second kappa shape index (κ2) is 10.5. The molecule has 0 aliphatic carbocycles. The Hall–Kier alpha value is -7.76. The Bertz CT molecular complexity index is 4050. The summed E-state index contributed by atoms with van der Waals surface area (Å²) < 4.78 is 7.19. The highest BCUT2D eigenvalue weighted by Crippen LogP contribution is 2.47. The van der Waals surface area contributed by atoms with Gasteiger partial charge in [0.2, 0.25) is 0 Å². The van der Waals surface area contributed by atoms with Crippen molar-refractivity contribution in [2.75, 3.05) is 0 Å². The molecule has 0 unspecified atom stereocenters. The van der Waals surface area contributed by atoms with Crippen LogP contribution in [0.2, 0.25) is 0 Å². The van der Waals surface area contributed by atoms with Gasteiger partial charge in [-0.3, -0.25) is 9.13 Å². The molecule has 0 radical (unpaired) electrons. The fraction of sp³-hybridized carbons (Fsp3) is 0. The second-order valence-corrected chi connectivity index (χ2v) is 15.4. The van der Waals surface area contributed by atoms with Crippen molar-refractivity contribution in [1.82, 2.24) is 23.7 Å². The van der Waals surface area contributed by atoms with Crippen molar-refractivity contribution in [2.45, 2.75) is 0 Å². The van der Waals surface area contributed by atoms with Crippen molar-refractivity contribution in [3.05, 3.63) is 176 Å². The molecule has 5 heterocycles. The van der Waals surface area contributed by atoms with Gasteiger partial charge in [0.1, 0.15) is 0 Å². The monoisotopic (exact) mass is 723 g/mol. The lowest BCUT2D eigenvalue weighted by Crippen LogP contribution is -2.06. The van der Waals surface area contributed by atoms with Crippen molar-refractivity contribution < 1.29 is 0 Å². The minimum absolute atomic E-state index is 0.818. The van der Waals surface area contributed by atoms with Crippen LogP contribution in [0.1, 0.15) is 0 Å². The van der Waals surface area contributed by atoms with Crippen LogP contribution in [0.15, 0.2) is 176 Å². The van der Waals surface area contributed by atoms with E-state index in [1.807, 2.05) is 0 Å². The number of hydrogen-bond donors (Lipinski definition) is 0. The molecule has 0 saturated heterocycles. The quantitative estimate of drug-likeness (QED) is 0.178. The predicted octanol–water partition coefficient (Wildman–Crippen LogP) is 13.3. The van der Waals surface area contributed by atoms with E-state index in [1.54, 1.807) is 0 Å². The Balaban J connectivity index is 1.17. The van der Waals surface area contributed by atoms with E-state index in [4.69, 9.17) is 10.2 Å². The van der Waals surface area contributed by atoms with Gasteiger partial charge in [0.05, 0.1) is 38.6 Å². The van der Waals surface area contributed by atoms with Crippen molar-refractivity contribution in [1.29, 1.82) is 0 Å². The maximum atomic E-state index is 5.32. The third-order valence-electron chi connectivity index (χ3n) is 12.6. The molecule has 0 spiro atoms. The topological polar surface area (TPSA) is 40.1 Å². The summed E-state index contributed by atoms with van der Waals surface area (Å²) in [5.41, 5.74) is 8.16. The fourth-order valence-corrected chi connectivity index (χ4v) is 10.3. The van der Waals surface area contributed by atoms with E-state index in [0.717, 1.165) is 44.5 Å². The van der Waals surface area contributed by atoms with Crippen molar-refractivity contribution in [2.24, 2.45) is 0 Å². The molecule has 9 aromatic carbocycles. The first-order valence-electron chi connectivity index (χ1n) is 19.5. The summed E-state index contributed by atoms with van der Waals surface area (Å²) in [6.45, 7) is 0. The minimum atomic E-state index is 0.818. The molecule has 0 saturated carbocycles. The molecule has 262 valence electrons. The van der Waals surface area contributed by atoms with Crippen LogP contribution < -0.4 is 0 Å². The van der Waals surface area contributed by atoms with Crippen LogP contribution in [0.5, 0.6) is 0 Å². The zero-order valence-corrected chi connectivity index (χ0v) is 30.5. The normalized spacial score (nSPS) is 12.6. The van der Waals surface area contributed by atoms with Crippen LogP contribution in [0.25, 0.3) is 126 Å². The Morgan fingerprint density at radius 3 is 1.54 bits per heavy atom. The second-order valence-electron chi connectivity index (χ2n) is 15.4. The highest BCUT2D eigenvalue weighted by molar-refractivity contribution is 6.35. The van der Waals surface area contributed by atoms with Crippen LogP contribution in [-0.4, -0.2) is 23.7 Å². The first kappa shape index (κ1) is 29.6. The molecule has 0 aliphatic heterocycles. The fourth-order valence-electron chi connectivity index (χ4n) is 10.3. The summed E-state index contributed by atoms with van der Waals surface area (Å²) in [5.74, 6) is 1.64. The largest absolute Gasteiger partial charge is 0.308 e. The third-order valence-corrected chi connectivity index (χ3v) is 12.6. The average molecular weight is 724 g/mol. The van der Waals surface area contributed by atoms with Gasteiger partial charge < -0.3 is 4.40 Å². The van der Waals surface area contributed by atoms with E-state index in [1.165, 1.54) is 81.2 Å². The van der Waals surface area contributed by atoms with Gasteiger partial charge in [-0.2, -0.15) is 0 Å². The summed E-state index contributed by atoms with van der Waals surface area (Å²) in [6, 6.07) is 64.0. The van der Waals surface area contributed by atoms with Crippen LogP contribution >= 0.6 is 0 Å². The summed E-state index contributed by atoms with van der Waals surface area (Å²) in [4.78, 5) is 0. The first-order chi connectivity index (χ1) is 28.3. The van der Waals surface area contributed by atoms with Gasteiger partial charge in [0.15, 0.2) is 11.6 Å². The first-order valence-corrected chi connectivity index (χ1v) is 19.5. The molecule has 5 aromatic heterocycles. The number of nitrogens with zero attached hydrogens (tertiary/aromatic N) is 5. The van der Waals surface area contributed by atoms with Gasteiger partial charge in [-0.05, 0) is 64.0 Å². The third kappa shape index (κ3) is 3.64. The molecule has 0 N–H and O–H groups in total. The van der Waals surface area contributed by atoms with E-state index in [9.17, 15) is 0 Å². The Labute approximate surface area is 324 Å². The molecule has 0 aliphatic rings. The van der Waals surface area contributed by atoms with E-state index >= 15 is 0 Å². The maximum Gasteiger partial charge on any atom is 0.168 e. The molecule has 5 nitrogen and oxygen atoms in total. The van der Waals surface area contributed by atoms with E-state index in [0.29, 0.717) is 0 Å². The summed E-state index contributed by atoms with van der Waals surface area (Å²) in [5, 5.41) is 27.4. The van der Waals surface area contributed by atoms with Crippen molar-refractivity contribution >= 4 is 114 Å². The number of para-hydroxylation sites is 3. The number of rotatable bonds is 2. The van der Waals surface area contributed by atoms with Crippen LogP contribution in [0, 0.1) is 0 Å². The van der Waals surface area contributed by atoms with Crippen molar-refractivity contribution in [3.63, 3.8) is 0 Å². The van der Waals surface area contributed by atoms with Gasteiger partial charge >= 0.3 is 0 Å². The molecule has 14 aromatic rings. The number of aromatic nitrogens is 5. The smallest absolute Gasteiger partial charge is 0.168 e. The minimum Gasteiger partial charge on any atom is -0.308 e. The average Bonchev–Trinajstić information content (AvgIpc) is 3.99. The number of hydrogen-bond acceptors (Lipinski definition) is 2. The molecular formula is C52H29N5. The molecule has 0 bridgehead atoms. The highest BCUT2D eigenvalue weighted by atomic mass is 15.3. The van der Waals surface area contributed by atoms with Crippen LogP contribution in [0.4, 0.5) is 0 Å². The zero-order valence-electron chi connectivity index (χ0n) is 30.5. The summed E-state index contributed by atoms with van der Waals surface area (Å²) in [6.07, 6.45) is 0. The van der Waals surface area contributed by atoms with Gasteiger partial charge in [-0.1, -0.05) is 133 Å². The van der Waals surface area contributed by atoms with Gasteiger partial charge in [0.25, 0.3) is 0 Å². The van der Waals surface area contributed by atoms with E-state index in [2.05, 4.69) is 189 Å². The SMILES string of the molecule is c1ccc2cc3c(cc2c1)c1cc2c4ccccc4n4c5ccccc5c(c1n3-c1nnc(-n3c5ccccc5c5c6ccccc6ccc53)c3ccccc13)c24. The molecule has 0 fully saturated rings. The Morgan fingerprint density at radius 2 is 0.807 bits per heavy atom. The van der Waals surface area contributed by atoms with Crippen molar-refractivity contribution in [3.8, 4) is 11.6 Å². The van der Waals surface area contributed by atoms with Crippen LogP contribution in [-0.2, 0) is 0 Å². The lowest BCUT2D eigenvalue weighted by atomic mass is 10.0. The summed E-state index contributed by atoms with van der Waals surface area (Å²) in [7, 11) is 0. The molecular weight excluding hydrogens is 695 g/mol. The van der Waals surface area contributed by atoms with E-state index in [-0.39, 0.29) is 0 Å². The lowest BCUT2D eigenvalue weighted by molar-refractivity contribution is 0.931. The molecule has 0 atom stereocenters. The number of fused-ring (bicyclic) bond motifs is 17. The Morgan fingerprint density at radius 1 is 0.281 bits per heavy atom. The van der Waals surface area contributed by atoms with Gasteiger partial charge in [-0.25, -0.2) is 0 Å². The molecule has 14 rings (SSSR count). The summed E-state index contributed by atoms with van der Waals surface area (Å²) >= 11 is 0. The molecule has 0 amide bonds. The van der Waals surface area contributed by atoms with Gasteiger partial charge in [-0.15, -0.1) is 10.2 Å². The molecule has 5 heteroatoms. The maximum absolute atomic E-state index is 5.32. The van der Waals surface area contributed by atoms with Gasteiger partial charge in [0, 0.05) is 53.9 Å². The highest BCUT2D eigenvalue weighted by Gasteiger charge is 2.27. The standard InChI is InChI=1S/C52H29N5/c1-2-15-32-28-46-39(27-31(32)14-1)41-29-40-34-17-7-10-22-42(34)55-43-23-11-9-21-38(43)48(49(40)55)50(41)57(46)52-36-19-6-5-18-35(36)51(53-54-52)56-44-24-12-8-20-37(44)47-33-16-4-3-13-30(33)25-26-45(47)56/h1-29H. The Kier molecular flexibility index (Phi) is 5.45. The van der Waals surface area contributed by atoms with E-state index < -0.39 is 0 Å². The molecule has 57 heavy (non-hydrogen) atoms.